The topological polar surface area (TPSA) is 119 Å². The molecule has 0 atom stereocenters. The molecule has 0 saturated heterocycles. The summed E-state index contributed by atoms with van der Waals surface area (Å²) in [5.41, 5.74) is 10.8. The highest BCUT2D eigenvalue weighted by atomic mass is 16.5. The molecule has 7 heteroatoms. The van der Waals surface area contributed by atoms with Gasteiger partial charge in [-0.25, -0.2) is 0 Å². The van der Waals surface area contributed by atoms with Gasteiger partial charge in [-0.3, -0.25) is 14.5 Å². The zero-order chi connectivity index (χ0) is 15.1. The number of nitrogens with zero attached hydrogens (tertiary/aromatic N) is 1. The molecule has 110 valence electrons. The van der Waals surface area contributed by atoms with E-state index in [2.05, 4.69) is 0 Å². The predicted molar refractivity (Wildman–Crippen MR) is 72.9 cm³/mol. The maximum atomic E-state index is 11.0. The molecule has 0 unspecified atom stereocenters. The molecule has 1 aromatic rings. The fourth-order valence-corrected chi connectivity index (χ4v) is 1.82. The van der Waals surface area contributed by atoms with Crippen molar-refractivity contribution < 1.29 is 19.4 Å². The Morgan fingerprint density at radius 2 is 1.85 bits per heavy atom. The number of rotatable bonds is 8. The van der Waals surface area contributed by atoms with Crippen LogP contribution < -0.4 is 16.2 Å². The Bertz CT molecular complexity index is 475. The van der Waals surface area contributed by atoms with E-state index in [1.54, 1.807) is 25.1 Å². The number of para-hydroxylation sites is 1. The molecule has 0 aromatic heterocycles. The molecule has 0 aliphatic carbocycles. The largest absolute Gasteiger partial charge is 0.504 e. The van der Waals surface area contributed by atoms with Gasteiger partial charge >= 0.3 is 0 Å². The van der Waals surface area contributed by atoms with Crippen molar-refractivity contribution in [1.82, 2.24) is 4.90 Å². The van der Waals surface area contributed by atoms with Crippen LogP contribution in [0.4, 0.5) is 0 Å². The third kappa shape index (κ3) is 4.77. The number of phenols is 1. The molecule has 0 bridgehead atoms. The van der Waals surface area contributed by atoms with E-state index in [-0.39, 0.29) is 25.4 Å². The van der Waals surface area contributed by atoms with Gasteiger partial charge in [-0.05, 0) is 13.0 Å². The minimum atomic E-state index is -0.577. The van der Waals surface area contributed by atoms with Crippen LogP contribution >= 0.6 is 0 Å². The van der Waals surface area contributed by atoms with Gasteiger partial charge in [0.1, 0.15) is 0 Å². The van der Waals surface area contributed by atoms with Gasteiger partial charge in [-0.15, -0.1) is 0 Å². The summed E-state index contributed by atoms with van der Waals surface area (Å²) in [5.74, 6) is -0.824. The van der Waals surface area contributed by atoms with Crippen LogP contribution in [0.3, 0.4) is 0 Å². The zero-order valence-corrected chi connectivity index (χ0v) is 11.3. The lowest BCUT2D eigenvalue weighted by Crippen LogP contribution is -2.39. The first-order chi connectivity index (χ1) is 9.43. The van der Waals surface area contributed by atoms with Gasteiger partial charge in [0.15, 0.2) is 11.5 Å². The predicted octanol–water partition coefficient (Wildman–Crippen LogP) is -0.436. The van der Waals surface area contributed by atoms with Crippen LogP contribution in [0.5, 0.6) is 11.5 Å². The van der Waals surface area contributed by atoms with Crippen molar-refractivity contribution in [3.63, 3.8) is 0 Å². The van der Waals surface area contributed by atoms with E-state index in [1.165, 1.54) is 4.90 Å². The van der Waals surface area contributed by atoms with Gasteiger partial charge in [0.2, 0.25) is 11.8 Å². The van der Waals surface area contributed by atoms with Crippen molar-refractivity contribution in [2.75, 3.05) is 19.7 Å². The summed E-state index contributed by atoms with van der Waals surface area (Å²) in [4.78, 5) is 23.4. The molecule has 0 aliphatic rings. The van der Waals surface area contributed by atoms with Gasteiger partial charge in [-0.1, -0.05) is 12.1 Å². The van der Waals surface area contributed by atoms with Crippen LogP contribution in [-0.2, 0) is 16.1 Å². The Morgan fingerprint density at radius 1 is 1.25 bits per heavy atom. The number of aromatic hydroxyl groups is 1. The number of phenolic OH excluding ortho intramolecular Hbond substituents is 1. The van der Waals surface area contributed by atoms with Gasteiger partial charge < -0.3 is 21.3 Å². The second kappa shape index (κ2) is 7.34. The fourth-order valence-electron chi connectivity index (χ4n) is 1.82. The molecule has 0 spiro atoms. The number of nitrogens with two attached hydrogens (primary N) is 2. The molecule has 0 fully saturated rings. The Kier molecular flexibility index (Phi) is 5.79. The molecule has 1 aromatic carbocycles. The average molecular weight is 281 g/mol. The summed E-state index contributed by atoms with van der Waals surface area (Å²) in [7, 11) is 0. The molecule has 0 saturated carbocycles. The van der Waals surface area contributed by atoms with E-state index < -0.39 is 11.8 Å². The van der Waals surface area contributed by atoms with Gasteiger partial charge in [-0.2, -0.15) is 0 Å². The molecule has 1 rings (SSSR count). The fraction of sp³-hybridized carbons (Fsp3) is 0.385. The van der Waals surface area contributed by atoms with E-state index >= 15 is 0 Å². The van der Waals surface area contributed by atoms with Crippen molar-refractivity contribution in [2.24, 2.45) is 11.5 Å². The minimum absolute atomic E-state index is 0.0201. The van der Waals surface area contributed by atoms with Crippen LogP contribution in [0.1, 0.15) is 12.5 Å². The first-order valence-corrected chi connectivity index (χ1v) is 6.16. The van der Waals surface area contributed by atoms with Crippen molar-refractivity contribution in [1.29, 1.82) is 0 Å². The number of benzene rings is 1. The van der Waals surface area contributed by atoms with E-state index in [4.69, 9.17) is 16.2 Å². The minimum Gasteiger partial charge on any atom is -0.504 e. The van der Waals surface area contributed by atoms with Gasteiger partial charge in [0.25, 0.3) is 0 Å². The van der Waals surface area contributed by atoms with E-state index in [9.17, 15) is 14.7 Å². The second-order valence-corrected chi connectivity index (χ2v) is 4.27. The molecule has 2 amide bonds. The third-order valence-electron chi connectivity index (χ3n) is 2.54. The van der Waals surface area contributed by atoms with Crippen LogP contribution in [-0.4, -0.2) is 41.5 Å². The lowest BCUT2D eigenvalue weighted by Gasteiger charge is -2.20. The number of hydrogen-bond donors (Lipinski definition) is 3. The SMILES string of the molecule is CCOc1cccc(CN(CC(N)=O)CC(N)=O)c1O. The molecular weight excluding hydrogens is 262 g/mol. The Hall–Kier alpha value is -2.28. The summed E-state index contributed by atoms with van der Waals surface area (Å²) in [6, 6.07) is 5.02. The highest BCUT2D eigenvalue weighted by Crippen LogP contribution is 2.30. The van der Waals surface area contributed by atoms with Crippen molar-refractivity contribution in [2.45, 2.75) is 13.5 Å². The quantitative estimate of drug-likeness (QED) is 0.597. The molecule has 7 nitrogen and oxygen atoms in total. The molecule has 0 radical (unpaired) electrons. The van der Waals surface area contributed by atoms with Gasteiger partial charge in [0.05, 0.1) is 19.7 Å². The maximum Gasteiger partial charge on any atom is 0.231 e. The van der Waals surface area contributed by atoms with Gasteiger partial charge in [0, 0.05) is 12.1 Å². The number of carbonyl (C=O) groups excluding carboxylic acids is 2. The zero-order valence-electron chi connectivity index (χ0n) is 11.3. The van der Waals surface area contributed by atoms with Crippen LogP contribution in [0, 0.1) is 0 Å². The average Bonchev–Trinajstić information content (AvgIpc) is 2.32. The first kappa shape index (κ1) is 15.8. The second-order valence-electron chi connectivity index (χ2n) is 4.27. The number of primary amides is 2. The van der Waals surface area contributed by atoms with Crippen LogP contribution in [0.2, 0.25) is 0 Å². The summed E-state index contributed by atoms with van der Waals surface area (Å²) < 4.78 is 5.27. The molecule has 0 aliphatic heterocycles. The van der Waals surface area contributed by atoms with Crippen molar-refractivity contribution >= 4 is 11.8 Å². The Morgan fingerprint density at radius 3 is 2.35 bits per heavy atom. The van der Waals surface area contributed by atoms with Crippen molar-refractivity contribution in [3.05, 3.63) is 23.8 Å². The third-order valence-corrected chi connectivity index (χ3v) is 2.54. The number of ether oxygens (including phenoxy) is 1. The van der Waals surface area contributed by atoms with Crippen LogP contribution in [0.25, 0.3) is 0 Å². The normalized spacial score (nSPS) is 10.5. The Labute approximate surface area is 117 Å². The number of hydrogen-bond acceptors (Lipinski definition) is 5. The summed E-state index contributed by atoms with van der Waals surface area (Å²) in [6.45, 7) is 2.14. The van der Waals surface area contributed by atoms with Crippen molar-refractivity contribution in [3.8, 4) is 11.5 Å². The smallest absolute Gasteiger partial charge is 0.231 e. The first-order valence-electron chi connectivity index (χ1n) is 6.16. The summed E-state index contributed by atoms with van der Waals surface area (Å²) in [5, 5.41) is 10.1. The monoisotopic (exact) mass is 281 g/mol. The molecule has 20 heavy (non-hydrogen) atoms. The highest BCUT2D eigenvalue weighted by molar-refractivity contribution is 5.79. The lowest BCUT2D eigenvalue weighted by molar-refractivity contribution is -0.122. The molecular formula is C13H19N3O4. The van der Waals surface area contributed by atoms with E-state index in [1.807, 2.05) is 0 Å². The Balaban J connectivity index is 2.89. The summed E-state index contributed by atoms with van der Waals surface area (Å²) in [6.07, 6.45) is 0. The lowest BCUT2D eigenvalue weighted by atomic mass is 10.1. The number of carbonyl (C=O) groups is 2. The maximum absolute atomic E-state index is 11.0. The molecule has 0 heterocycles. The van der Waals surface area contributed by atoms with E-state index in [0.29, 0.717) is 17.9 Å². The standard InChI is InChI=1S/C13H19N3O4/c1-2-20-10-5-3-4-9(13(10)19)6-16(7-11(14)17)8-12(15)18/h3-5,19H,2,6-8H2,1H3,(H2,14,17)(H2,15,18). The molecule has 5 N–H and O–H groups in total. The van der Waals surface area contributed by atoms with Crippen LogP contribution in [0.15, 0.2) is 18.2 Å². The summed E-state index contributed by atoms with van der Waals surface area (Å²) >= 11 is 0. The van der Waals surface area contributed by atoms with E-state index in [0.717, 1.165) is 0 Å². The number of amides is 2. The highest BCUT2D eigenvalue weighted by Gasteiger charge is 2.15.